The number of nitrogens with two attached hydrogens (primary N) is 1. The van der Waals surface area contributed by atoms with E-state index < -0.39 is 0 Å². The molecule has 1 aromatic heterocycles. The van der Waals surface area contributed by atoms with Crippen LogP contribution in [0.15, 0.2) is 36.4 Å². The molecule has 0 aliphatic carbocycles. The minimum absolute atomic E-state index is 0.184. The van der Waals surface area contributed by atoms with E-state index >= 15 is 0 Å². The molecule has 6 heteroatoms. The summed E-state index contributed by atoms with van der Waals surface area (Å²) in [5.74, 6) is 0.809. The highest BCUT2D eigenvalue weighted by atomic mass is 32.1. The molecule has 2 fully saturated rings. The number of nitrogens with zero attached hydrogens (tertiary/aromatic N) is 2. The van der Waals surface area contributed by atoms with Crippen molar-refractivity contribution >= 4 is 33.4 Å². The first-order valence-corrected chi connectivity index (χ1v) is 11.7. The van der Waals surface area contributed by atoms with Crippen molar-refractivity contribution in [3.63, 3.8) is 0 Å². The maximum atomic E-state index is 6.18. The fourth-order valence-corrected chi connectivity index (χ4v) is 5.72. The van der Waals surface area contributed by atoms with Crippen LogP contribution in [0.4, 0.5) is 16.4 Å². The molecule has 4 N–H and O–H groups in total. The van der Waals surface area contributed by atoms with Gasteiger partial charge in [0.2, 0.25) is 0 Å². The van der Waals surface area contributed by atoms with E-state index in [1.165, 1.54) is 40.4 Å². The van der Waals surface area contributed by atoms with Crippen LogP contribution in [0.5, 0.6) is 0 Å². The maximum Gasteiger partial charge on any atom is 0.0884 e. The summed E-state index contributed by atoms with van der Waals surface area (Å²) in [7, 11) is 0. The lowest BCUT2D eigenvalue weighted by molar-refractivity contribution is 0.452. The van der Waals surface area contributed by atoms with Crippen molar-refractivity contribution in [2.45, 2.75) is 25.8 Å². The van der Waals surface area contributed by atoms with Crippen molar-refractivity contribution in [1.29, 1.82) is 0 Å². The molecule has 1 aromatic carbocycles. The lowest BCUT2D eigenvalue weighted by Gasteiger charge is -2.31. The summed E-state index contributed by atoms with van der Waals surface area (Å²) < 4.78 is 0. The number of rotatable bonds is 4. The molecule has 2 unspecified atom stereocenters. The number of fused-ring (bicyclic) bond motifs is 1. The lowest BCUT2D eigenvalue weighted by Crippen LogP contribution is -2.43. The largest absolute Gasteiger partial charge is 0.391 e. The van der Waals surface area contributed by atoms with Gasteiger partial charge in [-0.25, -0.2) is 0 Å². The molecule has 2 aromatic rings. The lowest BCUT2D eigenvalue weighted by atomic mass is 10.0. The van der Waals surface area contributed by atoms with E-state index in [9.17, 15) is 0 Å². The van der Waals surface area contributed by atoms with Crippen LogP contribution in [0, 0.1) is 5.92 Å². The predicted molar refractivity (Wildman–Crippen MR) is 125 cm³/mol. The fourth-order valence-electron chi connectivity index (χ4n) is 4.78. The number of nitrogens with one attached hydrogen (secondary N) is 2. The third kappa shape index (κ3) is 3.71. The Labute approximate surface area is 177 Å². The highest BCUT2D eigenvalue weighted by Gasteiger charge is 2.30. The molecule has 0 spiro atoms. The number of thiophene rings is 1. The van der Waals surface area contributed by atoms with Gasteiger partial charge in [-0.3, -0.25) is 0 Å². The summed E-state index contributed by atoms with van der Waals surface area (Å²) >= 11 is 1.71. The van der Waals surface area contributed by atoms with Gasteiger partial charge < -0.3 is 26.2 Å². The Bertz CT molecular complexity index is 881. The van der Waals surface area contributed by atoms with E-state index in [1.54, 1.807) is 11.3 Å². The number of benzene rings is 1. The summed E-state index contributed by atoms with van der Waals surface area (Å²) in [5, 5.41) is 8.02. The van der Waals surface area contributed by atoms with Gasteiger partial charge in [0.05, 0.1) is 27.3 Å². The molecule has 5 rings (SSSR count). The molecule has 3 aliphatic rings. The van der Waals surface area contributed by atoms with Crippen LogP contribution in [0.3, 0.4) is 0 Å². The zero-order valence-corrected chi connectivity index (χ0v) is 18.0. The van der Waals surface area contributed by atoms with Gasteiger partial charge in [0.1, 0.15) is 0 Å². The second kappa shape index (κ2) is 7.92. The van der Waals surface area contributed by atoms with E-state index in [4.69, 9.17) is 5.73 Å². The summed E-state index contributed by atoms with van der Waals surface area (Å²) in [6, 6.07) is 11.4. The van der Waals surface area contributed by atoms with Gasteiger partial charge in [0.25, 0.3) is 0 Å². The van der Waals surface area contributed by atoms with Gasteiger partial charge in [0.15, 0.2) is 0 Å². The summed E-state index contributed by atoms with van der Waals surface area (Å²) in [6.07, 6.45) is 4.97. The average Bonchev–Trinajstić information content (AvgIpc) is 3.39. The first-order valence-electron chi connectivity index (χ1n) is 10.9. The smallest absolute Gasteiger partial charge is 0.0884 e. The highest BCUT2D eigenvalue weighted by Crippen LogP contribution is 2.44. The molecule has 0 amide bonds. The predicted octanol–water partition coefficient (Wildman–Crippen LogP) is 3.98. The Balaban J connectivity index is 1.41. The van der Waals surface area contributed by atoms with Crippen molar-refractivity contribution in [3.8, 4) is 0 Å². The van der Waals surface area contributed by atoms with Crippen LogP contribution >= 0.6 is 11.3 Å². The SMILES string of the molecule is CCC1CCN(C2=CC(c3ccc(N4CCNCC4)cc3)Nc3cc(N)sc32)C1. The normalized spacial score (nSPS) is 24.2. The van der Waals surface area contributed by atoms with E-state index in [1.807, 2.05) is 0 Å². The Kier molecular flexibility index (Phi) is 5.14. The molecule has 4 heterocycles. The third-order valence-electron chi connectivity index (χ3n) is 6.56. The van der Waals surface area contributed by atoms with Crippen LogP contribution < -0.4 is 21.3 Å². The van der Waals surface area contributed by atoms with Gasteiger partial charge in [-0.2, -0.15) is 0 Å². The molecule has 154 valence electrons. The van der Waals surface area contributed by atoms with Gasteiger partial charge in [-0.1, -0.05) is 25.5 Å². The van der Waals surface area contributed by atoms with Crippen LogP contribution in [-0.4, -0.2) is 44.2 Å². The van der Waals surface area contributed by atoms with Gasteiger partial charge in [-0.05, 0) is 42.2 Å². The molecular formula is C23H31N5S. The molecule has 2 saturated heterocycles. The number of nitrogen functional groups attached to an aromatic ring is 1. The minimum atomic E-state index is 0.184. The standard InChI is InChI=1S/C23H31N5S/c1-2-16-7-10-28(15-16)21-13-19(26-20-14-22(24)29-23(20)21)17-3-5-18(6-4-17)27-11-8-25-9-12-27/h3-6,13-14,16,19,25-26H,2,7-12,15,24H2,1H3. The van der Waals surface area contributed by atoms with Crippen molar-refractivity contribution in [2.75, 3.05) is 55.2 Å². The van der Waals surface area contributed by atoms with Crippen molar-refractivity contribution in [1.82, 2.24) is 10.2 Å². The van der Waals surface area contributed by atoms with E-state index in [0.29, 0.717) is 0 Å². The summed E-state index contributed by atoms with van der Waals surface area (Å²) in [4.78, 5) is 6.34. The number of piperazine rings is 1. The molecular weight excluding hydrogens is 378 g/mol. The fraction of sp³-hybridized carbons (Fsp3) is 0.478. The van der Waals surface area contributed by atoms with Gasteiger partial charge >= 0.3 is 0 Å². The number of likely N-dealkylation sites (tertiary alicyclic amines) is 1. The number of hydrogen-bond acceptors (Lipinski definition) is 6. The molecule has 0 radical (unpaired) electrons. The Morgan fingerprint density at radius 3 is 2.62 bits per heavy atom. The second-order valence-corrected chi connectivity index (χ2v) is 9.49. The average molecular weight is 410 g/mol. The molecule has 5 nitrogen and oxygen atoms in total. The zero-order valence-electron chi connectivity index (χ0n) is 17.2. The second-order valence-electron chi connectivity index (χ2n) is 8.40. The maximum absolute atomic E-state index is 6.18. The van der Waals surface area contributed by atoms with E-state index in [-0.39, 0.29) is 6.04 Å². The highest BCUT2D eigenvalue weighted by molar-refractivity contribution is 7.17. The van der Waals surface area contributed by atoms with E-state index in [2.05, 4.69) is 63.8 Å². The van der Waals surface area contributed by atoms with Crippen molar-refractivity contribution in [3.05, 3.63) is 46.8 Å². The van der Waals surface area contributed by atoms with Crippen molar-refractivity contribution in [2.24, 2.45) is 5.92 Å². The van der Waals surface area contributed by atoms with Crippen LogP contribution in [-0.2, 0) is 0 Å². The molecule has 0 saturated carbocycles. The quantitative estimate of drug-likeness (QED) is 0.713. The molecule has 0 bridgehead atoms. The van der Waals surface area contributed by atoms with Crippen molar-refractivity contribution < 1.29 is 0 Å². The third-order valence-corrected chi connectivity index (χ3v) is 7.54. The minimum Gasteiger partial charge on any atom is -0.391 e. The first-order chi connectivity index (χ1) is 14.2. The summed E-state index contributed by atoms with van der Waals surface area (Å²) in [6.45, 7) is 8.91. The Morgan fingerprint density at radius 2 is 1.90 bits per heavy atom. The monoisotopic (exact) mass is 409 g/mol. The van der Waals surface area contributed by atoms with Gasteiger partial charge in [-0.15, -0.1) is 11.3 Å². The van der Waals surface area contributed by atoms with Crippen LogP contribution in [0.1, 0.15) is 36.2 Å². The van der Waals surface area contributed by atoms with Crippen LogP contribution in [0.25, 0.3) is 5.70 Å². The Hall–Kier alpha value is -2.18. The first kappa shape index (κ1) is 18.8. The van der Waals surface area contributed by atoms with E-state index in [0.717, 1.165) is 50.2 Å². The number of anilines is 3. The van der Waals surface area contributed by atoms with Crippen LogP contribution in [0.2, 0.25) is 0 Å². The molecule has 2 atom stereocenters. The molecule has 29 heavy (non-hydrogen) atoms. The number of hydrogen-bond donors (Lipinski definition) is 3. The summed E-state index contributed by atoms with van der Waals surface area (Å²) in [5.41, 5.74) is 11.4. The molecule has 3 aliphatic heterocycles. The van der Waals surface area contributed by atoms with Gasteiger partial charge in [0, 0.05) is 45.0 Å². The Morgan fingerprint density at radius 1 is 1.10 bits per heavy atom. The topological polar surface area (TPSA) is 56.6 Å². The zero-order chi connectivity index (χ0) is 19.8.